The Morgan fingerprint density at radius 3 is 2.83 bits per heavy atom. The van der Waals surface area contributed by atoms with Gasteiger partial charge in [0.25, 0.3) is 0 Å². The van der Waals surface area contributed by atoms with Gasteiger partial charge in [0.2, 0.25) is 0 Å². The van der Waals surface area contributed by atoms with Gasteiger partial charge in [-0.2, -0.15) is 0 Å². The Morgan fingerprint density at radius 2 is 2.11 bits per heavy atom. The number of anilines is 1. The van der Waals surface area contributed by atoms with Crippen molar-refractivity contribution < 1.29 is 0 Å². The molecule has 1 aliphatic heterocycles. The Kier molecular flexibility index (Phi) is 4.28. The van der Waals surface area contributed by atoms with Crippen LogP contribution in [0.25, 0.3) is 0 Å². The van der Waals surface area contributed by atoms with Crippen LogP contribution in [-0.2, 0) is 6.42 Å². The zero-order valence-electron chi connectivity index (χ0n) is 11.9. The number of piperidine rings is 1. The Hall–Kier alpha value is -1.02. The standard InChI is InChI=1S/C16H26N2/c1-12-6-7-16(15(11-12)8-9-17)18-10-4-5-13(2)14(18)3/h6-7,11,13-14H,4-5,8-10,17H2,1-3H3. The molecule has 2 N–H and O–H groups in total. The first-order valence-electron chi connectivity index (χ1n) is 7.19. The molecule has 1 aromatic carbocycles. The molecule has 0 radical (unpaired) electrons. The zero-order valence-corrected chi connectivity index (χ0v) is 11.9. The molecule has 0 aromatic heterocycles. The maximum Gasteiger partial charge on any atom is 0.0401 e. The van der Waals surface area contributed by atoms with Gasteiger partial charge in [0.15, 0.2) is 0 Å². The van der Waals surface area contributed by atoms with Crippen molar-refractivity contribution >= 4 is 5.69 Å². The summed E-state index contributed by atoms with van der Waals surface area (Å²) in [6.07, 6.45) is 3.64. The van der Waals surface area contributed by atoms with Gasteiger partial charge in [0, 0.05) is 18.3 Å². The van der Waals surface area contributed by atoms with Crippen LogP contribution in [0.3, 0.4) is 0 Å². The van der Waals surface area contributed by atoms with Crippen LogP contribution < -0.4 is 10.6 Å². The lowest BCUT2D eigenvalue weighted by atomic mass is 9.90. The summed E-state index contributed by atoms with van der Waals surface area (Å²) in [7, 11) is 0. The summed E-state index contributed by atoms with van der Waals surface area (Å²) in [6.45, 7) is 8.80. The van der Waals surface area contributed by atoms with E-state index in [1.165, 1.54) is 36.2 Å². The maximum atomic E-state index is 5.75. The third-order valence-corrected chi connectivity index (χ3v) is 4.33. The number of aryl methyl sites for hydroxylation is 1. The van der Waals surface area contributed by atoms with Gasteiger partial charge in [0.1, 0.15) is 0 Å². The molecule has 0 spiro atoms. The molecule has 0 saturated carbocycles. The average molecular weight is 246 g/mol. The number of nitrogens with zero attached hydrogens (tertiary/aromatic N) is 1. The fraction of sp³-hybridized carbons (Fsp3) is 0.625. The Bertz CT molecular complexity index is 400. The monoisotopic (exact) mass is 246 g/mol. The van der Waals surface area contributed by atoms with Crippen LogP contribution in [0.1, 0.15) is 37.8 Å². The highest BCUT2D eigenvalue weighted by Crippen LogP contribution is 2.31. The quantitative estimate of drug-likeness (QED) is 0.888. The van der Waals surface area contributed by atoms with Crippen molar-refractivity contribution in [2.24, 2.45) is 11.7 Å². The van der Waals surface area contributed by atoms with Gasteiger partial charge in [-0.3, -0.25) is 0 Å². The van der Waals surface area contributed by atoms with E-state index in [2.05, 4.69) is 43.9 Å². The molecule has 1 fully saturated rings. The van der Waals surface area contributed by atoms with Crippen LogP contribution in [-0.4, -0.2) is 19.1 Å². The first-order valence-corrected chi connectivity index (χ1v) is 7.19. The first-order chi connectivity index (χ1) is 8.63. The van der Waals surface area contributed by atoms with Crippen LogP contribution in [0, 0.1) is 12.8 Å². The smallest absolute Gasteiger partial charge is 0.0401 e. The van der Waals surface area contributed by atoms with E-state index in [0.717, 1.165) is 18.9 Å². The molecule has 0 aliphatic carbocycles. The van der Waals surface area contributed by atoms with Crippen LogP contribution in [0.2, 0.25) is 0 Å². The second kappa shape index (κ2) is 5.75. The number of benzene rings is 1. The highest BCUT2D eigenvalue weighted by atomic mass is 15.2. The second-order valence-corrected chi connectivity index (χ2v) is 5.72. The highest BCUT2D eigenvalue weighted by Gasteiger charge is 2.25. The van der Waals surface area contributed by atoms with Crippen molar-refractivity contribution in [3.63, 3.8) is 0 Å². The van der Waals surface area contributed by atoms with Crippen LogP contribution in [0.15, 0.2) is 18.2 Å². The molecule has 2 nitrogen and oxygen atoms in total. The van der Waals surface area contributed by atoms with E-state index in [1.807, 2.05) is 0 Å². The van der Waals surface area contributed by atoms with E-state index in [-0.39, 0.29) is 0 Å². The van der Waals surface area contributed by atoms with Gasteiger partial charge in [-0.1, -0.05) is 24.6 Å². The van der Waals surface area contributed by atoms with Crippen molar-refractivity contribution in [3.05, 3.63) is 29.3 Å². The van der Waals surface area contributed by atoms with Gasteiger partial charge in [-0.25, -0.2) is 0 Å². The van der Waals surface area contributed by atoms with Crippen LogP contribution in [0.4, 0.5) is 5.69 Å². The lowest BCUT2D eigenvalue weighted by Crippen LogP contribution is -2.43. The first kappa shape index (κ1) is 13.4. The van der Waals surface area contributed by atoms with Crippen molar-refractivity contribution in [2.75, 3.05) is 18.0 Å². The fourth-order valence-corrected chi connectivity index (χ4v) is 3.03. The van der Waals surface area contributed by atoms with E-state index >= 15 is 0 Å². The van der Waals surface area contributed by atoms with E-state index in [4.69, 9.17) is 5.73 Å². The van der Waals surface area contributed by atoms with Gasteiger partial charge >= 0.3 is 0 Å². The Balaban J connectivity index is 2.31. The topological polar surface area (TPSA) is 29.3 Å². The van der Waals surface area contributed by atoms with E-state index in [9.17, 15) is 0 Å². The number of rotatable bonds is 3. The van der Waals surface area contributed by atoms with Crippen LogP contribution >= 0.6 is 0 Å². The molecule has 0 bridgehead atoms. The molecule has 2 atom stereocenters. The molecule has 2 heteroatoms. The maximum absolute atomic E-state index is 5.75. The van der Waals surface area contributed by atoms with Gasteiger partial charge in [-0.15, -0.1) is 0 Å². The number of hydrogen-bond acceptors (Lipinski definition) is 2. The lowest BCUT2D eigenvalue weighted by Gasteiger charge is -2.40. The predicted molar refractivity (Wildman–Crippen MR) is 79.1 cm³/mol. The van der Waals surface area contributed by atoms with Crippen molar-refractivity contribution in [1.29, 1.82) is 0 Å². The lowest BCUT2D eigenvalue weighted by molar-refractivity contribution is 0.363. The molecule has 1 saturated heterocycles. The van der Waals surface area contributed by atoms with E-state index < -0.39 is 0 Å². The minimum atomic E-state index is 0.637. The summed E-state index contributed by atoms with van der Waals surface area (Å²) >= 11 is 0. The molecule has 1 heterocycles. The Labute approximate surface area is 111 Å². The number of nitrogens with two attached hydrogens (primary N) is 1. The third-order valence-electron chi connectivity index (χ3n) is 4.33. The summed E-state index contributed by atoms with van der Waals surface area (Å²) in [5, 5.41) is 0. The predicted octanol–water partition coefficient (Wildman–Crippen LogP) is 3.12. The molecule has 1 aliphatic rings. The van der Waals surface area contributed by atoms with Gasteiger partial charge in [0.05, 0.1) is 0 Å². The van der Waals surface area contributed by atoms with Crippen molar-refractivity contribution in [2.45, 2.75) is 46.1 Å². The van der Waals surface area contributed by atoms with Gasteiger partial charge in [-0.05, 0) is 57.2 Å². The minimum absolute atomic E-state index is 0.637. The highest BCUT2D eigenvalue weighted by molar-refractivity contribution is 5.56. The van der Waals surface area contributed by atoms with E-state index in [0.29, 0.717) is 6.04 Å². The number of hydrogen-bond donors (Lipinski definition) is 1. The fourth-order valence-electron chi connectivity index (χ4n) is 3.03. The van der Waals surface area contributed by atoms with Crippen LogP contribution in [0.5, 0.6) is 0 Å². The molecule has 0 amide bonds. The summed E-state index contributed by atoms with van der Waals surface area (Å²) in [6, 6.07) is 7.45. The Morgan fingerprint density at radius 1 is 1.33 bits per heavy atom. The van der Waals surface area contributed by atoms with E-state index in [1.54, 1.807) is 0 Å². The summed E-state index contributed by atoms with van der Waals surface area (Å²) in [4.78, 5) is 2.58. The molecule has 2 unspecified atom stereocenters. The molecule has 100 valence electrons. The van der Waals surface area contributed by atoms with Crippen molar-refractivity contribution in [1.82, 2.24) is 0 Å². The molecule has 18 heavy (non-hydrogen) atoms. The summed E-state index contributed by atoms with van der Waals surface area (Å²) < 4.78 is 0. The molecule has 2 rings (SSSR count). The van der Waals surface area contributed by atoms with Gasteiger partial charge < -0.3 is 10.6 Å². The largest absolute Gasteiger partial charge is 0.368 e. The SMILES string of the molecule is Cc1ccc(N2CCCC(C)C2C)c(CCN)c1. The molecular weight excluding hydrogens is 220 g/mol. The minimum Gasteiger partial charge on any atom is -0.368 e. The third kappa shape index (κ3) is 2.69. The molecular formula is C16H26N2. The van der Waals surface area contributed by atoms with Crippen molar-refractivity contribution in [3.8, 4) is 0 Å². The normalized spacial score (nSPS) is 24.3. The average Bonchev–Trinajstić information content (AvgIpc) is 2.34. The zero-order chi connectivity index (χ0) is 13.1. The summed E-state index contributed by atoms with van der Waals surface area (Å²) in [5.41, 5.74) is 9.91. The second-order valence-electron chi connectivity index (χ2n) is 5.72. The molecule has 1 aromatic rings. The summed E-state index contributed by atoms with van der Waals surface area (Å²) in [5.74, 6) is 0.783.